The highest BCUT2D eigenvalue weighted by Gasteiger charge is 2.31. The van der Waals surface area contributed by atoms with Crippen molar-refractivity contribution in [2.45, 2.75) is 25.8 Å². The molecule has 9 heteroatoms. The van der Waals surface area contributed by atoms with Crippen molar-refractivity contribution < 1.29 is 19.6 Å². The van der Waals surface area contributed by atoms with Gasteiger partial charge in [0, 0.05) is 18.7 Å². The van der Waals surface area contributed by atoms with Crippen LogP contribution in [0.3, 0.4) is 0 Å². The molecule has 0 radical (unpaired) electrons. The number of nitro groups is 1. The molecule has 2 N–H and O–H groups in total. The third kappa shape index (κ3) is 4.21. The van der Waals surface area contributed by atoms with E-state index in [1.807, 2.05) is 0 Å². The zero-order chi connectivity index (χ0) is 17.9. The summed E-state index contributed by atoms with van der Waals surface area (Å²) in [7, 11) is 0. The molecular formula is C15H18ClN3O5. The Kier molecular flexibility index (Phi) is 5.74. The molecular weight excluding hydrogens is 338 g/mol. The fourth-order valence-corrected chi connectivity index (χ4v) is 2.85. The SMILES string of the molecule is CC(C(=O)Nc1cc([N+](=O)[O-])ccc1Cl)N1CCCC(C(=O)O)C1. The number of nitro benzene ring substituents is 1. The van der Waals surface area contributed by atoms with Crippen molar-refractivity contribution in [2.24, 2.45) is 5.92 Å². The minimum Gasteiger partial charge on any atom is -0.481 e. The van der Waals surface area contributed by atoms with Gasteiger partial charge in [-0.05, 0) is 32.4 Å². The van der Waals surface area contributed by atoms with Crippen LogP contribution in [0.2, 0.25) is 5.02 Å². The molecule has 0 bridgehead atoms. The van der Waals surface area contributed by atoms with Crippen LogP contribution < -0.4 is 5.32 Å². The minimum absolute atomic E-state index is 0.162. The second-order valence-electron chi connectivity index (χ2n) is 5.76. The third-order valence-electron chi connectivity index (χ3n) is 4.15. The van der Waals surface area contributed by atoms with Gasteiger partial charge in [0.2, 0.25) is 5.91 Å². The number of nitrogens with zero attached hydrogens (tertiary/aromatic N) is 2. The van der Waals surface area contributed by atoms with E-state index >= 15 is 0 Å². The average Bonchev–Trinajstić information content (AvgIpc) is 2.55. The van der Waals surface area contributed by atoms with Gasteiger partial charge in [-0.3, -0.25) is 24.6 Å². The lowest BCUT2D eigenvalue weighted by molar-refractivity contribution is -0.384. The molecule has 0 spiro atoms. The van der Waals surface area contributed by atoms with Crippen molar-refractivity contribution in [3.63, 3.8) is 0 Å². The first-order valence-corrected chi connectivity index (χ1v) is 7.89. The van der Waals surface area contributed by atoms with Gasteiger partial charge in [-0.1, -0.05) is 11.6 Å². The Hall–Kier alpha value is -2.19. The van der Waals surface area contributed by atoms with E-state index in [9.17, 15) is 19.7 Å². The Morgan fingerprint density at radius 3 is 2.83 bits per heavy atom. The van der Waals surface area contributed by atoms with E-state index in [0.29, 0.717) is 25.9 Å². The molecule has 2 rings (SSSR count). The van der Waals surface area contributed by atoms with E-state index < -0.39 is 22.9 Å². The van der Waals surface area contributed by atoms with Gasteiger partial charge in [0.25, 0.3) is 5.69 Å². The van der Waals surface area contributed by atoms with Crippen LogP contribution in [0.1, 0.15) is 19.8 Å². The van der Waals surface area contributed by atoms with Crippen molar-refractivity contribution in [3.8, 4) is 0 Å². The maximum absolute atomic E-state index is 12.4. The predicted molar refractivity (Wildman–Crippen MR) is 88.1 cm³/mol. The number of carbonyl (C=O) groups excluding carboxylic acids is 1. The highest BCUT2D eigenvalue weighted by molar-refractivity contribution is 6.33. The van der Waals surface area contributed by atoms with Crippen LogP contribution in [-0.2, 0) is 9.59 Å². The van der Waals surface area contributed by atoms with Crippen molar-refractivity contribution in [1.29, 1.82) is 0 Å². The number of carbonyl (C=O) groups is 2. The first-order valence-electron chi connectivity index (χ1n) is 7.51. The summed E-state index contributed by atoms with van der Waals surface area (Å²) in [5.41, 5.74) is -0.0132. The molecule has 1 aliphatic rings. The van der Waals surface area contributed by atoms with Gasteiger partial charge in [0.15, 0.2) is 0 Å². The van der Waals surface area contributed by atoms with Crippen molar-refractivity contribution in [1.82, 2.24) is 4.90 Å². The van der Waals surface area contributed by atoms with Crippen LogP contribution in [-0.4, -0.2) is 45.9 Å². The molecule has 1 aromatic carbocycles. The molecule has 1 aliphatic heterocycles. The highest BCUT2D eigenvalue weighted by Crippen LogP contribution is 2.27. The molecule has 24 heavy (non-hydrogen) atoms. The Morgan fingerprint density at radius 1 is 1.50 bits per heavy atom. The second kappa shape index (κ2) is 7.59. The topological polar surface area (TPSA) is 113 Å². The number of carboxylic acid groups (broad SMARTS) is 1. The molecule has 130 valence electrons. The van der Waals surface area contributed by atoms with E-state index in [0.717, 1.165) is 0 Å². The summed E-state index contributed by atoms with van der Waals surface area (Å²) in [4.78, 5) is 35.6. The van der Waals surface area contributed by atoms with Crippen molar-refractivity contribution >= 4 is 34.9 Å². The lowest BCUT2D eigenvalue weighted by atomic mass is 9.97. The normalized spacial score (nSPS) is 19.5. The highest BCUT2D eigenvalue weighted by atomic mass is 35.5. The van der Waals surface area contributed by atoms with Crippen LogP contribution in [0.5, 0.6) is 0 Å². The first-order chi connectivity index (χ1) is 11.3. The van der Waals surface area contributed by atoms with E-state index in [2.05, 4.69) is 5.32 Å². The van der Waals surface area contributed by atoms with Gasteiger partial charge in [-0.15, -0.1) is 0 Å². The number of nitrogens with one attached hydrogen (secondary N) is 1. The number of halogens is 1. The molecule has 0 saturated carbocycles. The first kappa shape index (κ1) is 18.2. The summed E-state index contributed by atoms with van der Waals surface area (Å²) < 4.78 is 0. The zero-order valence-corrected chi connectivity index (χ0v) is 13.8. The molecule has 0 aliphatic carbocycles. The number of piperidine rings is 1. The minimum atomic E-state index is -0.867. The molecule has 0 aromatic heterocycles. The molecule has 1 saturated heterocycles. The fourth-order valence-electron chi connectivity index (χ4n) is 2.69. The van der Waals surface area contributed by atoms with Crippen LogP contribution in [0.4, 0.5) is 11.4 Å². The summed E-state index contributed by atoms with van der Waals surface area (Å²) >= 11 is 5.97. The molecule has 1 amide bonds. The number of likely N-dealkylation sites (tertiary alicyclic amines) is 1. The number of hydrogen-bond donors (Lipinski definition) is 2. The van der Waals surface area contributed by atoms with Gasteiger partial charge in [0.1, 0.15) is 0 Å². The maximum atomic E-state index is 12.4. The number of benzene rings is 1. The lowest BCUT2D eigenvalue weighted by Crippen LogP contribution is -2.48. The Labute approximate surface area is 143 Å². The summed E-state index contributed by atoms with van der Waals surface area (Å²) in [6.07, 6.45) is 1.29. The monoisotopic (exact) mass is 355 g/mol. The average molecular weight is 356 g/mol. The molecule has 1 fully saturated rings. The van der Waals surface area contributed by atoms with Crippen LogP contribution in [0, 0.1) is 16.0 Å². The number of hydrogen-bond acceptors (Lipinski definition) is 5. The summed E-state index contributed by atoms with van der Waals surface area (Å²) in [5, 5.41) is 22.7. The van der Waals surface area contributed by atoms with Crippen LogP contribution >= 0.6 is 11.6 Å². The zero-order valence-electron chi connectivity index (χ0n) is 13.1. The molecule has 1 aromatic rings. The van der Waals surface area contributed by atoms with Gasteiger partial charge in [-0.25, -0.2) is 0 Å². The fraction of sp³-hybridized carbons (Fsp3) is 0.467. The van der Waals surface area contributed by atoms with Gasteiger partial charge >= 0.3 is 5.97 Å². The van der Waals surface area contributed by atoms with Crippen LogP contribution in [0.25, 0.3) is 0 Å². The Bertz CT molecular complexity index is 667. The van der Waals surface area contributed by atoms with Crippen LogP contribution in [0.15, 0.2) is 18.2 Å². The summed E-state index contributed by atoms with van der Waals surface area (Å²) in [6.45, 7) is 2.60. The maximum Gasteiger partial charge on any atom is 0.307 e. The summed E-state index contributed by atoms with van der Waals surface area (Å²) in [6, 6.07) is 3.23. The van der Waals surface area contributed by atoms with E-state index in [4.69, 9.17) is 16.7 Å². The van der Waals surface area contributed by atoms with E-state index in [-0.39, 0.29) is 22.3 Å². The van der Waals surface area contributed by atoms with Crippen molar-refractivity contribution in [2.75, 3.05) is 18.4 Å². The lowest BCUT2D eigenvalue weighted by Gasteiger charge is -2.34. The van der Waals surface area contributed by atoms with E-state index in [1.54, 1.807) is 11.8 Å². The van der Waals surface area contributed by atoms with Gasteiger partial charge in [0.05, 0.1) is 27.6 Å². The number of carboxylic acids is 1. The number of aliphatic carboxylic acids is 1. The predicted octanol–water partition coefficient (Wildman–Crippen LogP) is 2.37. The van der Waals surface area contributed by atoms with Gasteiger partial charge in [-0.2, -0.15) is 0 Å². The molecule has 1 heterocycles. The number of anilines is 1. The quantitative estimate of drug-likeness (QED) is 0.619. The second-order valence-corrected chi connectivity index (χ2v) is 6.17. The van der Waals surface area contributed by atoms with E-state index in [1.165, 1.54) is 18.2 Å². The Morgan fingerprint density at radius 2 is 2.21 bits per heavy atom. The van der Waals surface area contributed by atoms with Gasteiger partial charge < -0.3 is 10.4 Å². The number of amides is 1. The standard InChI is InChI=1S/C15H18ClN3O5/c1-9(18-6-2-3-10(8-18)15(21)22)14(20)17-13-7-11(19(23)24)4-5-12(13)16/h4-5,7,9-10H,2-3,6,8H2,1H3,(H,17,20)(H,21,22). The molecule has 2 unspecified atom stereocenters. The third-order valence-corrected chi connectivity index (χ3v) is 4.48. The smallest absolute Gasteiger partial charge is 0.307 e. The largest absolute Gasteiger partial charge is 0.481 e. The van der Waals surface area contributed by atoms with Crippen molar-refractivity contribution in [3.05, 3.63) is 33.3 Å². The number of rotatable bonds is 5. The summed E-state index contributed by atoms with van der Waals surface area (Å²) in [5.74, 6) is -1.74. The Balaban J connectivity index is 2.07. The molecule has 8 nitrogen and oxygen atoms in total. The molecule has 2 atom stereocenters. The number of non-ortho nitro benzene ring substituents is 1.